The van der Waals surface area contributed by atoms with Crippen LogP contribution in [-0.4, -0.2) is 54.6 Å². The molecular formula is C14H20N2O4. The average Bonchev–Trinajstić information content (AvgIpc) is 2.78. The molecule has 1 aromatic rings. The molecule has 0 atom stereocenters. The van der Waals surface area contributed by atoms with E-state index in [2.05, 4.69) is 0 Å². The van der Waals surface area contributed by atoms with Crippen LogP contribution in [0.1, 0.15) is 28.8 Å². The lowest BCUT2D eigenvalue weighted by Gasteiger charge is -2.33. The molecule has 110 valence electrons. The van der Waals surface area contributed by atoms with E-state index < -0.39 is 0 Å². The first-order valence-electron chi connectivity index (χ1n) is 6.81. The molecule has 1 aliphatic heterocycles. The second-order valence-corrected chi connectivity index (χ2v) is 4.83. The van der Waals surface area contributed by atoms with E-state index in [-0.39, 0.29) is 12.0 Å². The minimum absolute atomic E-state index is 0.121. The van der Waals surface area contributed by atoms with Gasteiger partial charge in [0.2, 0.25) is 0 Å². The Balaban J connectivity index is 1.93. The Morgan fingerprint density at radius 1 is 1.20 bits per heavy atom. The summed E-state index contributed by atoms with van der Waals surface area (Å²) in [5.41, 5.74) is 0.971. The van der Waals surface area contributed by atoms with E-state index in [0.717, 1.165) is 11.3 Å². The van der Waals surface area contributed by atoms with E-state index in [0.29, 0.717) is 38.5 Å². The molecular weight excluding hydrogens is 260 g/mol. The number of hydrogen-bond acceptors (Lipinski definition) is 4. The smallest absolute Gasteiger partial charge is 0.409 e. The van der Waals surface area contributed by atoms with Crippen molar-refractivity contribution in [1.82, 2.24) is 9.80 Å². The highest BCUT2D eigenvalue weighted by Crippen LogP contribution is 2.16. The minimum Gasteiger partial charge on any atom is -0.456 e. The van der Waals surface area contributed by atoms with Gasteiger partial charge in [0, 0.05) is 26.2 Å². The molecule has 1 saturated heterocycles. The molecule has 0 bridgehead atoms. The molecule has 6 heteroatoms. The number of hydrogen-bond donors (Lipinski definition) is 0. The van der Waals surface area contributed by atoms with Gasteiger partial charge in [-0.3, -0.25) is 4.79 Å². The first-order chi connectivity index (χ1) is 9.52. The highest BCUT2D eigenvalue weighted by molar-refractivity contribution is 5.92. The number of nitrogens with zero attached hydrogens (tertiary/aromatic N) is 2. The van der Waals surface area contributed by atoms with Crippen LogP contribution < -0.4 is 0 Å². The largest absolute Gasteiger partial charge is 0.456 e. The van der Waals surface area contributed by atoms with Crippen LogP contribution in [0.2, 0.25) is 0 Å². The number of amides is 2. The molecule has 1 aromatic heterocycles. The summed E-state index contributed by atoms with van der Waals surface area (Å²) in [7, 11) is 0. The maximum absolute atomic E-state index is 12.3. The van der Waals surface area contributed by atoms with Crippen LogP contribution in [0.3, 0.4) is 0 Å². The van der Waals surface area contributed by atoms with E-state index in [1.54, 1.807) is 22.8 Å². The van der Waals surface area contributed by atoms with Crippen molar-refractivity contribution >= 4 is 12.0 Å². The Morgan fingerprint density at radius 3 is 2.30 bits per heavy atom. The Labute approximate surface area is 118 Å². The number of carbonyl (C=O) groups excluding carboxylic acids is 2. The molecule has 0 unspecified atom stereocenters. The Bertz CT molecular complexity index is 482. The third kappa shape index (κ3) is 2.95. The second kappa shape index (κ2) is 5.98. The second-order valence-electron chi connectivity index (χ2n) is 4.83. The normalized spacial score (nSPS) is 15.3. The van der Waals surface area contributed by atoms with E-state index >= 15 is 0 Å². The van der Waals surface area contributed by atoms with Crippen LogP contribution >= 0.6 is 0 Å². The zero-order chi connectivity index (χ0) is 14.7. The van der Waals surface area contributed by atoms with E-state index in [1.807, 2.05) is 13.8 Å². The number of aryl methyl sites for hydroxylation is 2. The topological polar surface area (TPSA) is 63.0 Å². The summed E-state index contributed by atoms with van der Waals surface area (Å²) >= 11 is 0. The van der Waals surface area contributed by atoms with Crippen LogP contribution in [0.4, 0.5) is 4.79 Å². The molecule has 6 nitrogen and oxygen atoms in total. The van der Waals surface area contributed by atoms with Crippen molar-refractivity contribution in [1.29, 1.82) is 0 Å². The number of rotatable bonds is 2. The lowest BCUT2D eigenvalue weighted by atomic mass is 10.2. The van der Waals surface area contributed by atoms with Gasteiger partial charge in [-0.2, -0.15) is 0 Å². The van der Waals surface area contributed by atoms with Gasteiger partial charge in [0.15, 0.2) is 5.76 Å². The molecule has 0 aliphatic carbocycles. The fourth-order valence-electron chi connectivity index (χ4n) is 2.14. The molecule has 0 N–H and O–H groups in total. The lowest BCUT2D eigenvalue weighted by Crippen LogP contribution is -2.50. The maximum Gasteiger partial charge on any atom is 0.409 e. The molecule has 0 aromatic carbocycles. The van der Waals surface area contributed by atoms with E-state index in [1.165, 1.54) is 0 Å². The number of carbonyl (C=O) groups is 2. The minimum atomic E-state index is -0.315. The molecule has 1 aliphatic rings. The first-order valence-corrected chi connectivity index (χ1v) is 6.81. The number of furan rings is 1. The van der Waals surface area contributed by atoms with Crippen LogP contribution in [0.5, 0.6) is 0 Å². The summed E-state index contributed by atoms with van der Waals surface area (Å²) in [6.07, 6.45) is -0.315. The summed E-state index contributed by atoms with van der Waals surface area (Å²) in [5, 5.41) is 0. The lowest BCUT2D eigenvalue weighted by molar-refractivity contribution is 0.0545. The Kier molecular flexibility index (Phi) is 4.32. The third-order valence-corrected chi connectivity index (χ3v) is 3.47. The summed E-state index contributed by atoms with van der Waals surface area (Å²) < 4.78 is 10.4. The van der Waals surface area contributed by atoms with Crippen molar-refractivity contribution in [2.45, 2.75) is 20.8 Å². The van der Waals surface area contributed by atoms with E-state index in [9.17, 15) is 9.59 Å². The zero-order valence-electron chi connectivity index (χ0n) is 12.1. The van der Waals surface area contributed by atoms with Crippen LogP contribution in [0.15, 0.2) is 10.5 Å². The van der Waals surface area contributed by atoms with Gasteiger partial charge in [-0.15, -0.1) is 0 Å². The predicted octanol–water partition coefficient (Wildman–Crippen LogP) is 1.81. The molecule has 0 spiro atoms. The van der Waals surface area contributed by atoms with Crippen molar-refractivity contribution in [2.24, 2.45) is 0 Å². The molecule has 20 heavy (non-hydrogen) atoms. The molecule has 2 heterocycles. The monoisotopic (exact) mass is 280 g/mol. The van der Waals surface area contributed by atoms with Gasteiger partial charge < -0.3 is 19.0 Å². The fraction of sp³-hybridized carbons (Fsp3) is 0.571. The van der Waals surface area contributed by atoms with Crippen molar-refractivity contribution in [3.8, 4) is 0 Å². The van der Waals surface area contributed by atoms with E-state index in [4.69, 9.17) is 9.15 Å². The zero-order valence-corrected chi connectivity index (χ0v) is 12.1. The summed E-state index contributed by atoms with van der Waals surface area (Å²) in [5.74, 6) is 1.01. The van der Waals surface area contributed by atoms with Gasteiger partial charge in [-0.25, -0.2) is 4.79 Å². The van der Waals surface area contributed by atoms with Crippen molar-refractivity contribution in [3.63, 3.8) is 0 Å². The van der Waals surface area contributed by atoms with Gasteiger partial charge in [0.1, 0.15) is 5.76 Å². The summed E-state index contributed by atoms with van der Waals surface area (Å²) in [4.78, 5) is 27.2. The van der Waals surface area contributed by atoms with Gasteiger partial charge in [-0.1, -0.05) is 0 Å². The third-order valence-electron chi connectivity index (χ3n) is 3.47. The van der Waals surface area contributed by atoms with Gasteiger partial charge in [0.05, 0.1) is 6.61 Å². The Morgan fingerprint density at radius 2 is 1.80 bits per heavy atom. The molecule has 2 amide bonds. The molecule has 1 fully saturated rings. The highest BCUT2D eigenvalue weighted by atomic mass is 16.6. The van der Waals surface area contributed by atoms with Crippen molar-refractivity contribution in [3.05, 3.63) is 23.2 Å². The molecule has 0 radical (unpaired) electrons. The molecule has 2 rings (SSSR count). The average molecular weight is 280 g/mol. The first kappa shape index (κ1) is 14.4. The van der Waals surface area contributed by atoms with Crippen LogP contribution in [-0.2, 0) is 4.74 Å². The molecule has 0 saturated carbocycles. The highest BCUT2D eigenvalue weighted by Gasteiger charge is 2.27. The van der Waals surface area contributed by atoms with Crippen LogP contribution in [0.25, 0.3) is 0 Å². The van der Waals surface area contributed by atoms with Crippen molar-refractivity contribution < 1.29 is 18.7 Å². The number of piperazine rings is 1. The van der Waals surface area contributed by atoms with Crippen molar-refractivity contribution in [2.75, 3.05) is 32.8 Å². The summed E-state index contributed by atoms with van der Waals surface area (Å²) in [6.45, 7) is 7.86. The predicted molar refractivity (Wildman–Crippen MR) is 72.7 cm³/mol. The number of ether oxygens (including phenoxy) is 1. The van der Waals surface area contributed by atoms with Gasteiger partial charge in [-0.05, 0) is 32.4 Å². The Hall–Kier alpha value is -1.98. The summed E-state index contributed by atoms with van der Waals surface area (Å²) in [6, 6.07) is 1.76. The maximum atomic E-state index is 12.3. The fourth-order valence-corrected chi connectivity index (χ4v) is 2.14. The van der Waals surface area contributed by atoms with Gasteiger partial charge in [0.25, 0.3) is 5.91 Å². The standard InChI is InChI=1S/C14H20N2O4/c1-4-19-14(18)16-7-5-15(6-8-16)13(17)12-9-10(2)11(3)20-12/h9H,4-8H2,1-3H3. The van der Waals surface area contributed by atoms with Gasteiger partial charge >= 0.3 is 6.09 Å². The van der Waals surface area contributed by atoms with Crippen LogP contribution in [0, 0.1) is 13.8 Å². The quantitative estimate of drug-likeness (QED) is 0.829. The SMILES string of the molecule is CCOC(=O)N1CCN(C(=O)c2cc(C)c(C)o2)CC1.